The van der Waals surface area contributed by atoms with E-state index >= 15 is 0 Å². The van der Waals surface area contributed by atoms with E-state index in [1.54, 1.807) is 6.08 Å². The maximum Gasteiger partial charge on any atom is 0.244 e. The van der Waals surface area contributed by atoms with E-state index in [0.29, 0.717) is 18.9 Å². The lowest BCUT2D eigenvalue weighted by Crippen LogP contribution is -2.43. The van der Waals surface area contributed by atoms with Crippen LogP contribution in [-0.2, 0) is 9.53 Å². The lowest BCUT2D eigenvalue weighted by Gasteiger charge is -2.29. The average Bonchev–Trinajstić information content (AvgIpc) is 3.25. The fourth-order valence-electron chi connectivity index (χ4n) is 3.15. The van der Waals surface area contributed by atoms with Gasteiger partial charge in [-0.25, -0.2) is 0 Å². The van der Waals surface area contributed by atoms with Crippen LogP contribution in [0.1, 0.15) is 31.2 Å². The number of benzene rings is 1. The normalized spacial score (nSPS) is 18.2. The van der Waals surface area contributed by atoms with Gasteiger partial charge in [-0.15, -0.1) is 0 Å². The van der Waals surface area contributed by atoms with Crippen molar-refractivity contribution in [1.82, 2.24) is 5.32 Å². The molecule has 1 aliphatic heterocycles. The average molecular weight is 333 g/mol. The lowest BCUT2D eigenvalue weighted by atomic mass is 10.0. The molecule has 24 heavy (non-hydrogen) atoms. The van der Waals surface area contributed by atoms with E-state index in [9.17, 15) is 4.79 Å². The van der Waals surface area contributed by atoms with Gasteiger partial charge in [0.2, 0.25) is 12.7 Å². The fraction of sp³-hybridized carbons (Fsp3) is 0.500. The molecule has 130 valence electrons. The van der Waals surface area contributed by atoms with Gasteiger partial charge < -0.3 is 24.6 Å². The lowest BCUT2D eigenvalue weighted by molar-refractivity contribution is -0.118. The molecule has 3 rings (SSSR count). The molecule has 0 bridgehead atoms. The van der Waals surface area contributed by atoms with Gasteiger partial charge in [0.25, 0.3) is 0 Å². The van der Waals surface area contributed by atoms with Crippen LogP contribution in [0.25, 0.3) is 6.08 Å². The molecule has 1 aromatic rings. The van der Waals surface area contributed by atoms with Crippen molar-refractivity contribution < 1.29 is 24.1 Å². The Hall–Kier alpha value is -2.05. The molecular weight excluding hydrogens is 310 g/mol. The number of hydrogen-bond donors (Lipinski definition) is 2. The first-order valence-electron chi connectivity index (χ1n) is 8.31. The summed E-state index contributed by atoms with van der Waals surface area (Å²) in [6.45, 7) is 1.01. The predicted octanol–water partition coefficient (Wildman–Crippen LogP) is 1.87. The number of aliphatic hydroxyl groups excluding tert-OH is 1. The first kappa shape index (κ1) is 16.8. The Bertz CT molecular complexity index is 607. The number of rotatable bonds is 7. The molecule has 0 unspecified atom stereocenters. The standard InChI is InChI=1S/C18H23NO5/c20-9-10-24-18(7-1-2-8-18)12-19-17(21)6-4-14-3-5-15-16(11-14)23-13-22-15/h3-6,11,20H,1-2,7-10,12-13H2,(H,19,21)/b6-4+. The summed E-state index contributed by atoms with van der Waals surface area (Å²) in [5.41, 5.74) is 0.548. The second-order valence-corrected chi connectivity index (χ2v) is 6.13. The van der Waals surface area contributed by atoms with Gasteiger partial charge in [0.15, 0.2) is 11.5 Å². The molecule has 0 radical (unpaired) electrons. The molecule has 0 atom stereocenters. The third-order valence-corrected chi connectivity index (χ3v) is 4.42. The largest absolute Gasteiger partial charge is 0.454 e. The Balaban J connectivity index is 1.53. The van der Waals surface area contributed by atoms with Crippen LogP contribution in [0.15, 0.2) is 24.3 Å². The van der Waals surface area contributed by atoms with Gasteiger partial charge >= 0.3 is 0 Å². The first-order valence-corrected chi connectivity index (χ1v) is 8.31. The molecule has 1 saturated carbocycles. The third kappa shape index (κ3) is 4.07. The highest BCUT2D eigenvalue weighted by molar-refractivity contribution is 5.91. The Kier molecular flexibility index (Phi) is 5.37. The van der Waals surface area contributed by atoms with Gasteiger partial charge in [0.1, 0.15) is 0 Å². The molecule has 1 aromatic carbocycles. The van der Waals surface area contributed by atoms with Crippen LogP contribution in [0.2, 0.25) is 0 Å². The Morgan fingerprint density at radius 3 is 2.88 bits per heavy atom. The van der Waals surface area contributed by atoms with Crippen molar-refractivity contribution in [2.75, 3.05) is 26.6 Å². The summed E-state index contributed by atoms with van der Waals surface area (Å²) in [5.74, 6) is 1.26. The number of hydrogen-bond acceptors (Lipinski definition) is 5. The molecule has 2 aliphatic rings. The molecule has 1 amide bonds. The Morgan fingerprint density at radius 2 is 2.08 bits per heavy atom. The molecule has 1 fully saturated rings. The highest BCUT2D eigenvalue weighted by atomic mass is 16.7. The topological polar surface area (TPSA) is 77.0 Å². The quantitative estimate of drug-likeness (QED) is 0.745. The summed E-state index contributed by atoms with van der Waals surface area (Å²) in [7, 11) is 0. The van der Waals surface area contributed by atoms with Crippen molar-refractivity contribution in [1.29, 1.82) is 0 Å². The van der Waals surface area contributed by atoms with Crippen molar-refractivity contribution in [3.8, 4) is 11.5 Å². The number of nitrogens with one attached hydrogen (secondary N) is 1. The van der Waals surface area contributed by atoms with Crippen molar-refractivity contribution >= 4 is 12.0 Å². The molecular formula is C18H23NO5. The number of ether oxygens (including phenoxy) is 3. The summed E-state index contributed by atoms with van der Waals surface area (Å²) in [6, 6.07) is 5.55. The monoisotopic (exact) mass is 333 g/mol. The minimum Gasteiger partial charge on any atom is -0.454 e. The zero-order chi connectivity index (χ0) is 16.8. The van der Waals surface area contributed by atoms with Gasteiger partial charge in [0.05, 0.1) is 18.8 Å². The van der Waals surface area contributed by atoms with Crippen molar-refractivity contribution in [2.24, 2.45) is 0 Å². The van der Waals surface area contributed by atoms with Crippen LogP contribution in [0.3, 0.4) is 0 Å². The first-order chi connectivity index (χ1) is 11.7. The minimum atomic E-state index is -0.328. The molecule has 6 nitrogen and oxygen atoms in total. The third-order valence-electron chi connectivity index (χ3n) is 4.42. The van der Waals surface area contributed by atoms with Gasteiger partial charge in [-0.2, -0.15) is 0 Å². The summed E-state index contributed by atoms with van der Waals surface area (Å²) in [4.78, 5) is 12.1. The molecule has 1 aliphatic carbocycles. The van der Waals surface area contributed by atoms with Crippen LogP contribution < -0.4 is 14.8 Å². The molecule has 2 N–H and O–H groups in total. The van der Waals surface area contributed by atoms with Gasteiger partial charge in [0, 0.05) is 12.6 Å². The second kappa shape index (κ2) is 7.68. The van der Waals surface area contributed by atoms with Crippen LogP contribution in [0.5, 0.6) is 11.5 Å². The van der Waals surface area contributed by atoms with E-state index in [1.807, 2.05) is 18.2 Å². The van der Waals surface area contributed by atoms with Crippen molar-refractivity contribution in [2.45, 2.75) is 31.3 Å². The maximum atomic E-state index is 12.1. The van der Waals surface area contributed by atoms with Gasteiger partial charge in [-0.05, 0) is 36.6 Å². The number of carbonyl (C=O) groups is 1. The zero-order valence-electron chi connectivity index (χ0n) is 13.6. The molecule has 6 heteroatoms. The number of fused-ring (bicyclic) bond motifs is 1. The van der Waals surface area contributed by atoms with E-state index in [2.05, 4.69) is 5.32 Å². The predicted molar refractivity (Wildman–Crippen MR) is 88.8 cm³/mol. The highest BCUT2D eigenvalue weighted by Crippen LogP contribution is 2.33. The van der Waals surface area contributed by atoms with E-state index in [1.165, 1.54) is 6.08 Å². The molecule has 1 heterocycles. The summed E-state index contributed by atoms with van der Waals surface area (Å²) in [6.07, 6.45) is 7.26. The highest BCUT2D eigenvalue weighted by Gasteiger charge is 2.34. The van der Waals surface area contributed by atoms with Gasteiger partial charge in [-0.1, -0.05) is 18.9 Å². The van der Waals surface area contributed by atoms with Crippen LogP contribution in [-0.4, -0.2) is 43.2 Å². The Morgan fingerprint density at radius 1 is 1.29 bits per heavy atom. The minimum absolute atomic E-state index is 0.000285. The zero-order valence-corrected chi connectivity index (χ0v) is 13.6. The SMILES string of the molecule is O=C(/C=C/c1ccc2c(c1)OCO2)NCC1(OCCO)CCCC1. The van der Waals surface area contributed by atoms with Crippen molar-refractivity contribution in [3.05, 3.63) is 29.8 Å². The molecule has 0 saturated heterocycles. The van der Waals surface area contributed by atoms with Crippen LogP contribution >= 0.6 is 0 Å². The van der Waals surface area contributed by atoms with E-state index in [0.717, 1.165) is 37.0 Å². The van der Waals surface area contributed by atoms with E-state index in [4.69, 9.17) is 19.3 Å². The van der Waals surface area contributed by atoms with E-state index in [-0.39, 0.29) is 24.9 Å². The van der Waals surface area contributed by atoms with E-state index < -0.39 is 0 Å². The summed E-state index contributed by atoms with van der Waals surface area (Å²) < 4.78 is 16.4. The van der Waals surface area contributed by atoms with Crippen LogP contribution in [0, 0.1) is 0 Å². The second-order valence-electron chi connectivity index (χ2n) is 6.13. The smallest absolute Gasteiger partial charge is 0.244 e. The van der Waals surface area contributed by atoms with Crippen molar-refractivity contribution in [3.63, 3.8) is 0 Å². The fourth-order valence-corrected chi connectivity index (χ4v) is 3.15. The number of carbonyl (C=O) groups excluding carboxylic acids is 1. The number of amides is 1. The summed E-state index contributed by atoms with van der Waals surface area (Å²) >= 11 is 0. The van der Waals surface area contributed by atoms with Crippen LogP contribution in [0.4, 0.5) is 0 Å². The molecule has 0 aromatic heterocycles. The maximum absolute atomic E-state index is 12.1. The number of aliphatic hydroxyl groups is 1. The Labute approximate surface area is 141 Å². The summed E-state index contributed by atoms with van der Waals surface area (Å²) in [5, 5.41) is 11.9. The van der Waals surface area contributed by atoms with Gasteiger partial charge in [-0.3, -0.25) is 4.79 Å². The molecule has 0 spiro atoms.